The lowest BCUT2D eigenvalue weighted by Gasteiger charge is -2.17. The van der Waals surface area contributed by atoms with Crippen LogP contribution in [0.5, 0.6) is 5.75 Å². The number of sulfone groups is 1. The summed E-state index contributed by atoms with van der Waals surface area (Å²) in [6, 6.07) is 3.13. The lowest BCUT2D eigenvalue weighted by atomic mass is 9.98. The number of nitrogens with two attached hydrogens (primary N) is 1. The molecular formula is C19H27NO5S2. The van der Waals surface area contributed by atoms with Gasteiger partial charge in [0, 0.05) is 5.56 Å². The molecule has 1 fully saturated rings. The summed E-state index contributed by atoms with van der Waals surface area (Å²) in [5.74, 6) is 0.0512. The highest BCUT2D eigenvalue weighted by Crippen LogP contribution is 2.45. The molecule has 1 aliphatic heterocycles. The first-order valence-electron chi connectivity index (χ1n) is 9.59. The fourth-order valence-electron chi connectivity index (χ4n) is 4.10. The van der Waals surface area contributed by atoms with Gasteiger partial charge in [-0.1, -0.05) is 39.0 Å². The number of fused-ring (bicyclic) bond motifs is 1. The molecule has 1 aromatic carbocycles. The summed E-state index contributed by atoms with van der Waals surface area (Å²) in [6.45, 7) is 1.99. The summed E-state index contributed by atoms with van der Waals surface area (Å²) >= 11 is 0. The van der Waals surface area contributed by atoms with Gasteiger partial charge >= 0.3 is 10.3 Å². The van der Waals surface area contributed by atoms with Crippen LogP contribution in [0.4, 0.5) is 0 Å². The van der Waals surface area contributed by atoms with Crippen LogP contribution in [0.3, 0.4) is 0 Å². The molecule has 1 saturated carbocycles. The van der Waals surface area contributed by atoms with Gasteiger partial charge in [0.05, 0.1) is 9.80 Å². The van der Waals surface area contributed by atoms with Gasteiger partial charge in [0.15, 0.2) is 0 Å². The second-order valence-electron chi connectivity index (χ2n) is 7.38. The summed E-state index contributed by atoms with van der Waals surface area (Å²) < 4.78 is 54.6. The molecule has 0 radical (unpaired) electrons. The molecule has 0 aromatic heterocycles. The molecule has 0 atom stereocenters. The van der Waals surface area contributed by atoms with E-state index in [1.54, 1.807) is 12.1 Å². The highest BCUT2D eigenvalue weighted by atomic mass is 32.2. The fraction of sp³-hybridized carbons (Fsp3) is 0.579. The lowest BCUT2D eigenvalue weighted by molar-refractivity contribution is 0.482. The first-order valence-corrected chi connectivity index (χ1v) is 12.5. The van der Waals surface area contributed by atoms with Crippen molar-refractivity contribution in [2.24, 2.45) is 11.1 Å². The van der Waals surface area contributed by atoms with Gasteiger partial charge in [-0.05, 0) is 55.4 Å². The second-order valence-corrected chi connectivity index (χ2v) is 10.4. The van der Waals surface area contributed by atoms with Crippen molar-refractivity contribution < 1.29 is 21.0 Å². The number of allylic oxidation sites excluding steroid dienone is 1. The number of benzene rings is 1. The standard InChI is InChI=1S/C19H27NO5S2/c1-2-3-10-16-17(25-27(20,23)24)12-11-15-13-18(26(21,22)19(15)16)14-8-6-4-5-7-9-14/h11-14H,2-10H2,1H3,(H2,20,23,24). The van der Waals surface area contributed by atoms with Crippen LogP contribution in [0.2, 0.25) is 0 Å². The van der Waals surface area contributed by atoms with Crippen molar-refractivity contribution in [2.45, 2.75) is 69.6 Å². The van der Waals surface area contributed by atoms with Crippen LogP contribution in [-0.2, 0) is 26.6 Å². The average Bonchev–Trinajstić information content (AvgIpc) is 2.76. The third-order valence-corrected chi connectivity index (χ3v) is 7.87. The second kappa shape index (κ2) is 7.93. The predicted molar refractivity (Wildman–Crippen MR) is 105 cm³/mol. The topological polar surface area (TPSA) is 104 Å². The van der Waals surface area contributed by atoms with E-state index in [2.05, 4.69) is 0 Å². The van der Waals surface area contributed by atoms with Crippen LogP contribution < -0.4 is 9.32 Å². The van der Waals surface area contributed by atoms with E-state index < -0.39 is 20.1 Å². The molecule has 0 amide bonds. The van der Waals surface area contributed by atoms with Crippen molar-refractivity contribution in [1.29, 1.82) is 0 Å². The predicted octanol–water partition coefficient (Wildman–Crippen LogP) is 3.71. The molecule has 1 heterocycles. The molecule has 2 aliphatic rings. The Morgan fingerprint density at radius 3 is 2.41 bits per heavy atom. The van der Waals surface area contributed by atoms with Crippen LogP contribution in [-0.4, -0.2) is 16.8 Å². The molecule has 0 saturated heterocycles. The molecular weight excluding hydrogens is 386 g/mol. The minimum Gasteiger partial charge on any atom is -0.371 e. The number of hydrogen-bond acceptors (Lipinski definition) is 5. The zero-order valence-corrected chi connectivity index (χ0v) is 17.2. The summed E-state index contributed by atoms with van der Waals surface area (Å²) in [7, 11) is -7.89. The fourth-order valence-corrected chi connectivity index (χ4v) is 6.67. The number of unbranched alkanes of at least 4 members (excludes halogenated alkanes) is 1. The number of rotatable bonds is 6. The summed E-state index contributed by atoms with van der Waals surface area (Å²) in [5, 5.41) is 5.03. The monoisotopic (exact) mass is 413 g/mol. The van der Waals surface area contributed by atoms with Gasteiger partial charge in [-0.25, -0.2) is 8.42 Å². The first kappa shape index (κ1) is 20.4. The van der Waals surface area contributed by atoms with Crippen LogP contribution >= 0.6 is 0 Å². The van der Waals surface area contributed by atoms with Crippen LogP contribution in [0.1, 0.15) is 69.4 Å². The highest BCUT2D eigenvalue weighted by molar-refractivity contribution is 7.96. The van der Waals surface area contributed by atoms with Crippen molar-refractivity contribution >= 4 is 26.2 Å². The molecule has 27 heavy (non-hydrogen) atoms. The van der Waals surface area contributed by atoms with E-state index in [1.807, 2.05) is 6.92 Å². The summed E-state index contributed by atoms with van der Waals surface area (Å²) in [6.07, 6.45) is 9.90. The molecule has 1 aromatic rings. The van der Waals surface area contributed by atoms with E-state index in [1.165, 1.54) is 6.07 Å². The first-order chi connectivity index (χ1) is 12.7. The molecule has 3 rings (SSSR count). The molecule has 0 spiro atoms. The Labute approximate surface area is 162 Å². The van der Waals surface area contributed by atoms with Crippen LogP contribution in [0, 0.1) is 5.92 Å². The van der Waals surface area contributed by atoms with E-state index in [0.717, 1.165) is 51.4 Å². The van der Waals surface area contributed by atoms with Gasteiger partial charge in [-0.15, -0.1) is 0 Å². The Morgan fingerprint density at radius 2 is 1.81 bits per heavy atom. The molecule has 2 N–H and O–H groups in total. The van der Waals surface area contributed by atoms with E-state index in [-0.39, 0.29) is 16.6 Å². The lowest BCUT2D eigenvalue weighted by Crippen LogP contribution is -2.20. The van der Waals surface area contributed by atoms with Crippen molar-refractivity contribution in [2.75, 3.05) is 0 Å². The van der Waals surface area contributed by atoms with Crippen LogP contribution in [0.25, 0.3) is 6.08 Å². The third-order valence-electron chi connectivity index (χ3n) is 5.37. The van der Waals surface area contributed by atoms with Crippen molar-refractivity contribution in [3.63, 3.8) is 0 Å². The average molecular weight is 414 g/mol. The minimum atomic E-state index is -4.23. The quantitative estimate of drug-likeness (QED) is 0.716. The van der Waals surface area contributed by atoms with Gasteiger partial charge in [0.25, 0.3) is 0 Å². The maximum Gasteiger partial charge on any atom is 0.380 e. The molecule has 6 nitrogen and oxygen atoms in total. The Balaban J connectivity index is 2.07. The molecule has 1 aliphatic carbocycles. The Kier molecular flexibility index (Phi) is 5.98. The summed E-state index contributed by atoms with van der Waals surface area (Å²) in [4.78, 5) is 0.682. The van der Waals surface area contributed by atoms with Gasteiger partial charge < -0.3 is 4.18 Å². The number of hydrogen-bond donors (Lipinski definition) is 1. The van der Waals surface area contributed by atoms with E-state index in [9.17, 15) is 16.8 Å². The maximum absolute atomic E-state index is 13.4. The SMILES string of the molecule is CCCCc1c(OS(N)(=O)=O)ccc2c1S(=O)(=O)C(C1CCCCCC1)=C2. The van der Waals surface area contributed by atoms with E-state index >= 15 is 0 Å². The molecule has 150 valence electrons. The van der Waals surface area contributed by atoms with E-state index in [4.69, 9.17) is 9.32 Å². The van der Waals surface area contributed by atoms with Crippen molar-refractivity contribution in [3.05, 3.63) is 28.2 Å². The van der Waals surface area contributed by atoms with Gasteiger partial charge in [-0.3, -0.25) is 0 Å². The third kappa shape index (κ3) is 4.38. The Hall–Kier alpha value is -1.38. The molecule has 0 unspecified atom stereocenters. The van der Waals surface area contributed by atoms with Crippen molar-refractivity contribution in [3.8, 4) is 5.75 Å². The largest absolute Gasteiger partial charge is 0.380 e. The molecule has 8 heteroatoms. The zero-order valence-electron chi connectivity index (χ0n) is 15.6. The Bertz CT molecular complexity index is 941. The van der Waals surface area contributed by atoms with Gasteiger partial charge in [0.2, 0.25) is 9.84 Å². The Morgan fingerprint density at radius 1 is 1.15 bits per heavy atom. The summed E-state index contributed by atoms with van der Waals surface area (Å²) in [5.41, 5.74) is 1.05. The highest BCUT2D eigenvalue weighted by Gasteiger charge is 2.37. The van der Waals surface area contributed by atoms with Crippen molar-refractivity contribution in [1.82, 2.24) is 0 Å². The molecule has 0 bridgehead atoms. The normalized spacial score (nSPS) is 20.0. The minimum absolute atomic E-state index is 0.0174. The van der Waals surface area contributed by atoms with Crippen LogP contribution in [0.15, 0.2) is 21.9 Å². The maximum atomic E-state index is 13.4. The van der Waals surface area contributed by atoms with Gasteiger partial charge in [0.1, 0.15) is 5.75 Å². The van der Waals surface area contributed by atoms with Gasteiger partial charge in [-0.2, -0.15) is 13.6 Å². The van der Waals surface area contributed by atoms with E-state index in [0.29, 0.717) is 22.5 Å². The zero-order chi connectivity index (χ0) is 19.7. The smallest absolute Gasteiger partial charge is 0.371 e.